The molecule has 0 atom stereocenters. The van der Waals surface area contributed by atoms with E-state index in [1.165, 1.54) is 0 Å². The number of carbonyl (C=O) groups is 3. The topological polar surface area (TPSA) is 80.7 Å². The van der Waals surface area contributed by atoms with E-state index in [9.17, 15) is 14.4 Å². The molecular weight excluding hydrogens is 296 g/mol. The van der Waals surface area contributed by atoms with Crippen molar-refractivity contribution >= 4 is 17.9 Å². The second kappa shape index (κ2) is 7.89. The molecule has 0 fully saturated rings. The fourth-order valence-corrected chi connectivity index (χ4v) is 2.03. The molecule has 0 unspecified atom stereocenters. The van der Waals surface area contributed by atoms with Gasteiger partial charge in [-0.15, -0.1) is 0 Å². The smallest absolute Gasteiger partial charge is 0.345 e. The molecule has 0 radical (unpaired) electrons. The highest BCUT2D eigenvalue weighted by molar-refractivity contribution is 5.97. The minimum Gasteiger partial charge on any atom is -0.481 e. The van der Waals surface area contributed by atoms with E-state index in [2.05, 4.69) is 0 Å². The molecule has 5 heteroatoms. The van der Waals surface area contributed by atoms with Crippen molar-refractivity contribution in [3.8, 4) is 11.1 Å². The third kappa shape index (κ3) is 5.07. The predicted molar refractivity (Wildman–Crippen MR) is 83.8 cm³/mol. The van der Waals surface area contributed by atoms with Crippen LogP contribution in [0.4, 0.5) is 0 Å². The summed E-state index contributed by atoms with van der Waals surface area (Å²) in [6, 6.07) is 16.4. The summed E-state index contributed by atoms with van der Waals surface area (Å²) >= 11 is 0. The molecule has 5 nitrogen and oxygen atoms in total. The molecule has 23 heavy (non-hydrogen) atoms. The van der Waals surface area contributed by atoms with Gasteiger partial charge in [0, 0.05) is 12.8 Å². The van der Waals surface area contributed by atoms with Crippen LogP contribution in [0.25, 0.3) is 11.1 Å². The van der Waals surface area contributed by atoms with E-state index in [1.54, 1.807) is 24.3 Å². The van der Waals surface area contributed by atoms with Gasteiger partial charge in [-0.2, -0.15) is 0 Å². The Morgan fingerprint density at radius 1 is 0.826 bits per heavy atom. The number of aliphatic carboxylic acids is 1. The monoisotopic (exact) mass is 312 g/mol. The van der Waals surface area contributed by atoms with Gasteiger partial charge in [-0.25, -0.2) is 4.79 Å². The van der Waals surface area contributed by atoms with Gasteiger partial charge >= 0.3 is 17.9 Å². The van der Waals surface area contributed by atoms with Gasteiger partial charge in [0.25, 0.3) is 0 Å². The van der Waals surface area contributed by atoms with E-state index >= 15 is 0 Å². The van der Waals surface area contributed by atoms with Crippen molar-refractivity contribution in [2.24, 2.45) is 0 Å². The lowest BCUT2D eigenvalue weighted by Crippen LogP contribution is -2.12. The molecule has 1 N–H and O–H groups in total. The summed E-state index contributed by atoms with van der Waals surface area (Å²) in [5, 5.41) is 8.49. The SMILES string of the molecule is O=C(O)CCCC(=O)OC(=O)c1ccc(-c2ccccc2)cc1. The molecule has 0 saturated carbocycles. The Morgan fingerprint density at radius 2 is 1.43 bits per heavy atom. The van der Waals surface area contributed by atoms with Gasteiger partial charge in [0.15, 0.2) is 0 Å². The van der Waals surface area contributed by atoms with E-state index < -0.39 is 17.9 Å². The maximum Gasteiger partial charge on any atom is 0.345 e. The van der Waals surface area contributed by atoms with Crippen molar-refractivity contribution in [1.29, 1.82) is 0 Å². The van der Waals surface area contributed by atoms with Gasteiger partial charge in [-0.1, -0.05) is 42.5 Å². The van der Waals surface area contributed by atoms with Gasteiger partial charge in [0.05, 0.1) is 5.56 Å². The fourth-order valence-electron chi connectivity index (χ4n) is 2.03. The first-order valence-corrected chi connectivity index (χ1v) is 7.18. The van der Waals surface area contributed by atoms with E-state index in [-0.39, 0.29) is 24.8 Å². The minimum atomic E-state index is -0.986. The van der Waals surface area contributed by atoms with Crippen molar-refractivity contribution in [2.45, 2.75) is 19.3 Å². The molecule has 0 amide bonds. The summed E-state index contributed by atoms with van der Waals surface area (Å²) in [5.74, 6) is -2.44. The van der Waals surface area contributed by atoms with Gasteiger partial charge in [0.2, 0.25) is 0 Å². The van der Waals surface area contributed by atoms with E-state index in [0.717, 1.165) is 11.1 Å². The van der Waals surface area contributed by atoms with Crippen LogP contribution < -0.4 is 0 Å². The molecule has 0 aliphatic carbocycles. The summed E-state index contributed by atoms with van der Waals surface area (Å²) in [6.07, 6.45) is -0.0798. The Labute approximate surface area is 133 Å². The molecule has 2 aromatic rings. The molecule has 0 bridgehead atoms. The Bertz CT molecular complexity index is 689. The number of hydrogen-bond acceptors (Lipinski definition) is 4. The minimum absolute atomic E-state index is 0.0971. The second-order valence-electron chi connectivity index (χ2n) is 4.95. The van der Waals surface area contributed by atoms with E-state index in [1.807, 2.05) is 30.3 Å². The van der Waals surface area contributed by atoms with Crippen LogP contribution in [0, 0.1) is 0 Å². The van der Waals surface area contributed by atoms with Crippen molar-refractivity contribution in [2.75, 3.05) is 0 Å². The molecular formula is C18H16O5. The van der Waals surface area contributed by atoms with Crippen LogP contribution >= 0.6 is 0 Å². The number of esters is 2. The summed E-state index contributed by atoms with van der Waals surface area (Å²) in [6.45, 7) is 0. The highest BCUT2D eigenvalue weighted by atomic mass is 16.6. The number of carboxylic acid groups (broad SMARTS) is 1. The zero-order valence-corrected chi connectivity index (χ0v) is 12.4. The van der Waals surface area contributed by atoms with Crippen LogP contribution in [-0.2, 0) is 14.3 Å². The summed E-state index contributed by atoms with van der Waals surface area (Å²) in [5.41, 5.74) is 2.25. The summed E-state index contributed by atoms with van der Waals surface area (Å²) < 4.78 is 4.69. The normalized spacial score (nSPS) is 10.1. The summed E-state index contributed by atoms with van der Waals surface area (Å²) in [7, 11) is 0. The first-order chi connectivity index (χ1) is 11.1. The Hall–Kier alpha value is -2.95. The van der Waals surface area contributed by atoms with Crippen LogP contribution in [-0.4, -0.2) is 23.0 Å². The van der Waals surface area contributed by atoms with Crippen LogP contribution in [0.5, 0.6) is 0 Å². The molecule has 118 valence electrons. The van der Waals surface area contributed by atoms with Gasteiger partial charge in [0.1, 0.15) is 0 Å². The van der Waals surface area contributed by atoms with Gasteiger partial charge in [-0.05, 0) is 29.7 Å². The first-order valence-electron chi connectivity index (χ1n) is 7.18. The molecule has 0 spiro atoms. The molecule has 2 aromatic carbocycles. The quantitative estimate of drug-likeness (QED) is 0.654. The average molecular weight is 312 g/mol. The maximum atomic E-state index is 11.8. The molecule has 0 aromatic heterocycles. The molecule has 0 saturated heterocycles. The maximum absolute atomic E-state index is 11.8. The standard InChI is InChI=1S/C18H16O5/c19-16(20)7-4-8-17(21)23-18(22)15-11-9-14(10-12-15)13-5-2-1-3-6-13/h1-3,5-6,9-12H,4,7-8H2,(H,19,20). The largest absolute Gasteiger partial charge is 0.481 e. The van der Waals surface area contributed by atoms with Crippen LogP contribution in [0.2, 0.25) is 0 Å². The molecule has 0 aliphatic rings. The van der Waals surface area contributed by atoms with E-state index in [4.69, 9.17) is 9.84 Å². The fraction of sp³-hybridized carbons (Fsp3) is 0.167. The average Bonchev–Trinajstić information content (AvgIpc) is 2.55. The summed E-state index contributed by atoms with van der Waals surface area (Å²) in [4.78, 5) is 33.7. The molecule has 0 heterocycles. The zero-order chi connectivity index (χ0) is 16.7. The highest BCUT2D eigenvalue weighted by Gasteiger charge is 2.13. The number of carboxylic acids is 1. The number of hydrogen-bond donors (Lipinski definition) is 1. The number of rotatable bonds is 6. The molecule has 0 aliphatic heterocycles. The predicted octanol–water partition coefficient (Wildman–Crippen LogP) is 3.29. The molecule has 2 rings (SSSR count). The third-order valence-corrected chi connectivity index (χ3v) is 3.21. The number of carbonyl (C=O) groups excluding carboxylic acids is 2. The Morgan fingerprint density at radius 3 is 2.04 bits per heavy atom. The van der Waals surface area contributed by atoms with Gasteiger partial charge < -0.3 is 9.84 Å². The van der Waals surface area contributed by atoms with E-state index in [0.29, 0.717) is 0 Å². The Balaban J connectivity index is 1.93. The number of benzene rings is 2. The number of ether oxygens (including phenoxy) is 1. The van der Waals surface area contributed by atoms with Crippen molar-refractivity contribution in [3.63, 3.8) is 0 Å². The van der Waals surface area contributed by atoms with Crippen LogP contribution in [0.15, 0.2) is 54.6 Å². The first kappa shape index (κ1) is 16.4. The van der Waals surface area contributed by atoms with Crippen LogP contribution in [0.1, 0.15) is 29.6 Å². The van der Waals surface area contributed by atoms with Gasteiger partial charge in [-0.3, -0.25) is 9.59 Å². The lowest BCUT2D eigenvalue weighted by molar-refractivity contribution is -0.139. The third-order valence-electron chi connectivity index (χ3n) is 3.21. The van der Waals surface area contributed by atoms with Crippen molar-refractivity contribution < 1.29 is 24.2 Å². The second-order valence-corrected chi connectivity index (χ2v) is 4.95. The van der Waals surface area contributed by atoms with Crippen molar-refractivity contribution in [3.05, 3.63) is 60.2 Å². The lowest BCUT2D eigenvalue weighted by Gasteiger charge is -2.05. The lowest BCUT2D eigenvalue weighted by atomic mass is 10.0. The zero-order valence-electron chi connectivity index (χ0n) is 12.4. The van der Waals surface area contributed by atoms with Crippen LogP contribution in [0.3, 0.4) is 0 Å². The Kier molecular flexibility index (Phi) is 5.63. The van der Waals surface area contributed by atoms with Crippen molar-refractivity contribution in [1.82, 2.24) is 0 Å². The highest BCUT2D eigenvalue weighted by Crippen LogP contribution is 2.19.